The van der Waals surface area contributed by atoms with Gasteiger partial charge in [0.1, 0.15) is 5.82 Å². The van der Waals surface area contributed by atoms with E-state index in [1.54, 1.807) is 18.1 Å². The second-order valence-corrected chi connectivity index (χ2v) is 7.57. The number of rotatable bonds is 4. The van der Waals surface area contributed by atoms with Crippen LogP contribution in [0.1, 0.15) is 43.0 Å². The van der Waals surface area contributed by atoms with E-state index in [4.69, 9.17) is 4.74 Å². The molecule has 1 saturated carbocycles. The summed E-state index contributed by atoms with van der Waals surface area (Å²) in [5.41, 5.74) is 3.40. The molecular formula is C22H28N4O2. The molecule has 0 saturated heterocycles. The Kier molecular flexibility index (Phi) is 5.22. The number of para-hydroxylation sites is 1. The molecule has 6 heteroatoms. The van der Waals surface area contributed by atoms with E-state index in [2.05, 4.69) is 28.2 Å². The van der Waals surface area contributed by atoms with Crippen molar-refractivity contribution in [3.63, 3.8) is 0 Å². The van der Waals surface area contributed by atoms with Gasteiger partial charge in [-0.1, -0.05) is 12.1 Å². The van der Waals surface area contributed by atoms with Gasteiger partial charge in [-0.15, -0.1) is 0 Å². The van der Waals surface area contributed by atoms with Gasteiger partial charge in [-0.2, -0.15) is 0 Å². The molecule has 0 bridgehead atoms. The monoisotopic (exact) mass is 380 g/mol. The number of nitrogens with zero attached hydrogens (tertiary/aromatic N) is 3. The third-order valence-electron chi connectivity index (χ3n) is 5.81. The molecule has 1 amide bonds. The van der Waals surface area contributed by atoms with Crippen LogP contribution in [0.4, 0.5) is 22.9 Å². The fraction of sp³-hybridized carbons (Fsp3) is 0.455. The predicted octanol–water partition coefficient (Wildman–Crippen LogP) is 4.20. The summed E-state index contributed by atoms with van der Waals surface area (Å²) in [6.45, 7) is 2.84. The molecular weight excluding hydrogens is 352 g/mol. The molecule has 1 N–H and O–H groups in total. The second kappa shape index (κ2) is 7.80. The molecule has 0 spiro atoms. The molecule has 1 aliphatic heterocycles. The molecule has 2 aromatic rings. The highest BCUT2D eigenvalue weighted by Gasteiger charge is 2.28. The molecule has 2 aliphatic rings. The van der Waals surface area contributed by atoms with Crippen molar-refractivity contribution in [2.75, 3.05) is 35.8 Å². The van der Waals surface area contributed by atoms with E-state index in [1.807, 2.05) is 31.3 Å². The van der Waals surface area contributed by atoms with E-state index < -0.39 is 0 Å². The Labute approximate surface area is 166 Å². The van der Waals surface area contributed by atoms with Crippen LogP contribution >= 0.6 is 0 Å². The highest BCUT2D eigenvalue weighted by atomic mass is 16.5. The number of amides is 1. The van der Waals surface area contributed by atoms with Crippen LogP contribution < -0.4 is 15.1 Å². The van der Waals surface area contributed by atoms with E-state index >= 15 is 0 Å². The van der Waals surface area contributed by atoms with Crippen molar-refractivity contribution in [1.82, 2.24) is 4.98 Å². The topological polar surface area (TPSA) is 57.7 Å². The first-order chi connectivity index (χ1) is 13.6. The third-order valence-corrected chi connectivity index (χ3v) is 5.81. The average Bonchev–Trinajstić information content (AvgIpc) is 2.80. The Morgan fingerprint density at radius 2 is 1.82 bits per heavy atom. The highest BCUT2D eigenvalue weighted by molar-refractivity contribution is 6.13. The van der Waals surface area contributed by atoms with Crippen molar-refractivity contribution in [3.8, 4) is 0 Å². The second-order valence-electron chi connectivity index (χ2n) is 7.57. The molecule has 1 aliphatic carbocycles. The van der Waals surface area contributed by atoms with Crippen LogP contribution in [0.25, 0.3) is 0 Å². The smallest absolute Gasteiger partial charge is 0.260 e. The number of carbonyl (C=O) groups is 1. The first-order valence-electron chi connectivity index (χ1n) is 10.1. The third kappa shape index (κ3) is 3.44. The van der Waals surface area contributed by atoms with Gasteiger partial charge in [0.2, 0.25) is 0 Å². The number of hydrogen-bond acceptors (Lipinski definition) is 5. The van der Waals surface area contributed by atoms with Crippen LogP contribution in [-0.2, 0) is 4.74 Å². The number of nitrogens with one attached hydrogen (secondary N) is 1. The molecule has 28 heavy (non-hydrogen) atoms. The largest absolute Gasteiger partial charge is 0.379 e. The van der Waals surface area contributed by atoms with E-state index in [9.17, 15) is 4.79 Å². The van der Waals surface area contributed by atoms with Crippen LogP contribution in [0.3, 0.4) is 0 Å². The molecule has 0 unspecified atom stereocenters. The number of carbonyl (C=O) groups excluding carboxylic acids is 1. The number of fused-ring (bicyclic) bond motifs is 2. The maximum absolute atomic E-state index is 12.9. The summed E-state index contributed by atoms with van der Waals surface area (Å²) in [4.78, 5) is 21.2. The number of hydrogen-bond donors (Lipinski definition) is 1. The fourth-order valence-electron chi connectivity index (χ4n) is 4.23. The Bertz CT molecular complexity index is 861. The maximum Gasteiger partial charge on any atom is 0.260 e. The van der Waals surface area contributed by atoms with Crippen molar-refractivity contribution in [2.24, 2.45) is 0 Å². The molecule has 1 aromatic heterocycles. The summed E-state index contributed by atoms with van der Waals surface area (Å²) >= 11 is 0. The van der Waals surface area contributed by atoms with Gasteiger partial charge in [-0.3, -0.25) is 4.79 Å². The average molecular weight is 380 g/mol. The number of pyridine rings is 1. The van der Waals surface area contributed by atoms with Crippen molar-refractivity contribution in [3.05, 3.63) is 42.1 Å². The quantitative estimate of drug-likeness (QED) is 0.861. The van der Waals surface area contributed by atoms with Crippen LogP contribution in [0.2, 0.25) is 0 Å². The van der Waals surface area contributed by atoms with Gasteiger partial charge in [-0.05, 0) is 44.7 Å². The lowest BCUT2D eigenvalue weighted by molar-refractivity contribution is 0.0346. The van der Waals surface area contributed by atoms with Crippen molar-refractivity contribution in [2.45, 2.75) is 44.8 Å². The number of ether oxygens (including phenoxy) is 1. The maximum atomic E-state index is 12.9. The summed E-state index contributed by atoms with van der Waals surface area (Å²) in [5, 5.41) is 3.59. The highest BCUT2D eigenvalue weighted by Crippen LogP contribution is 2.39. The van der Waals surface area contributed by atoms with Crippen molar-refractivity contribution >= 4 is 28.8 Å². The van der Waals surface area contributed by atoms with E-state index in [0.29, 0.717) is 17.7 Å². The molecule has 1 aromatic carbocycles. The zero-order chi connectivity index (χ0) is 19.7. The molecule has 4 rings (SSSR count). The first-order valence-corrected chi connectivity index (χ1v) is 10.1. The Balaban J connectivity index is 1.58. The van der Waals surface area contributed by atoms with E-state index in [1.165, 1.54) is 0 Å². The van der Waals surface area contributed by atoms with Gasteiger partial charge in [0.05, 0.1) is 34.9 Å². The van der Waals surface area contributed by atoms with Crippen LogP contribution in [-0.4, -0.2) is 43.7 Å². The number of benzene rings is 1. The summed E-state index contributed by atoms with van der Waals surface area (Å²) in [6.07, 6.45) is 6.53. The summed E-state index contributed by atoms with van der Waals surface area (Å²) in [7, 11) is 3.81. The van der Waals surface area contributed by atoms with E-state index in [0.717, 1.165) is 55.2 Å². The van der Waals surface area contributed by atoms with Crippen LogP contribution in [0.15, 0.2) is 36.5 Å². The number of aromatic nitrogens is 1. The number of anilines is 4. The van der Waals surface area contributed by atoms with Gasteiger partial charge in [-0.25, -0.2) is 4.98 Å². The Hall–Kier alpha value is -2.60. The van der Waals surface area contributed by atoms with E-state index in [-0.39, 0.29) is 5.91 Å². The standard InChI is InChI=1S/C22H28N4O2/c1-4-28-16-11-9-15(10-12-16)24-21-13-19-20(14-23-21)26(3)22(27)17-7-5-6-8-18(17)25(19)2/h5-8,13-16H,4,9-12H2,1-3H3,(H,23,24)/t15-,16-. The predicted molar refractivity (Wildman–Crippen MR) is 113 cm³/mol. The summed E-state index contributed by atoms with van der Waals surface area (Å²) in [6, 6.07) is 10.2. The Morgan fingerprint density at radius 1 is 1.07 bits per heavy atom. The van der Waals surface area contributed by atoms with Gasteiger partial charge in [0.15, 0.2) is 0 Å². The molecule has 1 fully saturated rings. The first kappa shape index (κ1) is 18.7. The minimum Gasteiger partial charge on any atom is -0.379 e. The van der Waals surface area contributed by atoms with Gasteiger partial charge in [0.25, 0.3) is 5.91 Å². The lowest BCUT2D eigenvalue weighted by atomic mass is 9.93. The van der Waals surface area contributed by atoms with Crippen LogP contribution in [0.5, 0.6) is 0 Å². The summed E-state index contributed by atoms with van der Waals surface area (Å²) in [5.74, 6) is 0.837. The zero-order valence-corrected chi connectivity index (χ0v) is 16.8. The lowest BCUT2D eigenvalue weighted by Crippen LogP contribution is -2.30. The zero-order valence-electron chi connectivity index (χ0n) is 16.8. The van der Waals surface area contributed by atoms with Crippen molar-refractivity contribution in [1.29, 1.82) is 0 Å². The normalized spacial score (nSPS) is 21.8. The van der Waals surface area contributed by atoms with Gasteiger partial charge < -0.3 is 19.9 Å². The molecule has 148 valence electrons. The molecule has 2 heterocycles. The SMILES string of the molecule is CCO[C@H]1CC[C@H](Nc2cc3c(cn2)N(C)C(=O)c2ccccc2N3C)CC1. The molecule has 0 radical (unpaired) electrons. The molecule has 6 nitrogen and oxygen atoms in total. The van der Waals surface area contributed by atoms with Crippen LogP contribution in [0, 0.1) is 0 Å². The minimum atomic E-state index is -0.0158. The van der Waals surface area contributed by atoms with Gasteiger partial charge >= 0.3 is 0 Å². The fourth-order valence-corrected chi connectivity index (χ4v) is 4.23. The minimum absolute atomic E-state index is 0.0158. The Morgan fingerprint density at radius 3 is 2.57 bits per heavy atom. The lowest BCUT2D eigenvalue weighted by Gasteiger charge is -2.30. The molecule has 0 atom stereocenters. The summed E-state index contributed by atoms with van der Waals surface area (Å²) < 4.78 is 5.75. The van der Waals surface area contributed by atoms with Gasteiger partial charge in [0, 0.05) is 32.8 Å². The van der Waals surface area contributed by atoms with Crippen molar-refractivity contribution < 1.29 is 9.53 Å².